The van der Waals surface area contributed by atoms with Crippen LogP contribution in [0.15, 0.2) is 59.5 Å². The average Bonchev–Trinajstić information content (AvgIpc) is 3.18. The highest BCUT2D eigenvalue weighted by atomic mass is 32.2. The third kappa shape index (κ3) is 5.73. The Morgan fingerprint density at radius 2 is 1.86 bits per heavy atom. The van der Waals surface area contributed by atoms with Gasteiger partial charge < -0.3 is 15.0 Å². The molecule has 0 aliphatic carbocycles. The van der Waals surface area contributed by atoms with E-state index in [0.717, 1.165) is 25.0 Å². The number of nitrogens with zero attached hydrogens (tertiary/aromatic N) is 1. The summed E-state index contributed by atoms with van der Waals surface area (Å²) in [5, 5.41) is 2.87. The smallest absolute Gasteiger partial charge is 0.322 e. The van der Waals surface area contributed by atoms with Gasteiger partial charge in [0, 0.05) is 18.3 Å². The van der Waals surface area contributed by atoms with Crippen molar-refractivity contribution in [3.63, 3.8) is 0 Å². The number of ether oxygens (including phenoxy) is 1. The minimum Gasteiger partial charge on any atom is -0.494 e. The minimum atomic E-state index is -3.44. The number of carbonyl (C=O) groups excluding carboxylic acids is 1. The Morgan fingerprint density at radius 1 is 1.14 bits per heavy atom. The number of carbonyl (C=O) groups is 1. The number of urea groups is 1. The van der Waals surface area contributed by atoms with Crippen molar-refractivity contribution >= 4 is 21.6 Å². The van der Waals surface area contributed by atoms with Gasteiger partial charge in [0.05, 0.1) is 17.3 Å². The quantitative estimate of drug-likeness (QED) is 0.650. The number of amides is 2. The largest absolute Gasteiger partial charge is 0.494 e. The summed E-state index contributed by atoms with van der Waals surface area (Å²) in [6, 6.07) is 15.1. The molecule has 1 aliphatic heterocycles. The molecule has 1 N–H and O–H groups in total. The number of nitrogens with one attached hydrogen (secondary N) is 1. The molecule has 0 spiro atoms. The Balaban J connectivity index is 1.60. The Kier molecular flexibility index (Phi) is 7.14. The highest BCUT2D eigenvalue weighted by Crippen LogP contribution is 2.24. The lowest BCUT2D eigenvalue weighted by Crippen LogP contribution is -2.42. The first-order valence-corrected chi connectivity index (χ1v) is 11.7. The van der Waals surface area contributed by atoms with E-state index in [1.807, 2.05) is 12.1 Å². The topological polar surface area (TPSA) is 75.7 Å². The molecule has 1 unspecified atom stereocenters. The van der Waals surface area contributed by atoms with Crippen molar-refractivity contribution in [2.75, 3.05) is 24.2 Å². The molecule has 0 saturated carbocycles. The summed E-state index contributed by atoms with van der Waals surface area (Å²) in [7, 11) is -3.44. The molecule has 1 saturated heterocycles. The molecule has 1 fully saturated rings. The van der Waals surface area contributed by atoms with E-state index in [1.54, 1.807) is 47.4 Å². The summed E-state index contributed by atoms with van der Waals surface area (Å²) in [5.41, 5.74) is 0.661. The predicted molar refractivity (Wildman–Crippen MR) is 114 cm³/mol. The van der Waals surface area contributed by atoms with Crippen LogP contribution in [0.5, 0.6) is 5.75 Å². The van der Waals surface area contributed by atoms with Crippen molar-refractivity contribution in [1.29, 1.82) is 0 Å². The van der Waals surface area contributed by atoms with Gasteiger partial charge in [-0.15, -0.1) is 0 Å². The first kappa shape index (κ1) is 21.2. The van der Waals surface area contributed by atoms with E-state index >= 15 is 0 Å². The molecule has 29 heavy (non-hydrogen) atoms. The summed E-state index contributed by atoms with van der Waals surface area (Å²) in [4.78, 5) is 14.7. The number of likely N-dealkylation sites (tertiary alicyclic amines) is 1. The maximum absolute atomic E-state index is 12.7. The summed E-state index contributed by atoms with van der Waals surface area (Å²) < 4.78 is 31.0. The molecule has 0 bridgehead atoms. The number of sulfone groups is 1. The van der Waals surface area contributed by atoms with Crippen molar-refractivity contribution < 1.29 is 17.9 Å². The van der Waals surface area contributed by atoms with E-state index < -0.39 is 9.84 Å². The predicted octanol–water partition coefficient (Wildman–Crippen LogP) is 4.34. The summed E-state index contributed by atoms with van der Waals surface area (Å²) >= 11 is 0. The Labute approximate surface area is 172 Å². The van der Waals surface area contributed by atoms with Crippen LogP contribution in [0.2, 0.25) is 0 Å². The third-order valence-electron chi connectivity index (χ3n) is 5.02. The van der Waals surface area contributed by atoms with Crippen LogP contribution in [0.1, 0.15) is 32.6 Å². The molecule has 1 heterocycles. The Morgan fingerprint density at radius 3 is 2.55 bits per heavy atom. The molecule has 1 atom stereocenters. The van der Waals surface area contributed by atoms with Crippen LogP contribution < -0.4 is 10.1 Å². The highest BCUT2D eigenvalue weighted by molar-refractivity contribution is 7.91. The van der Waals surface area contributed by atoms with Crippen molar-refractivity contribution in [3.8, 4) is 5.75 Å². The number of rotatable bonds is 8. The van der Waals surface area contributed by atoms with E-state index in [-0.39, 0.29) is 17.8 Å². The zero-order valence-corrected chi connectivity index (χ0v) is 17.5. The summed E-state index contributed by atoms with van der Waals surface area (Å²) in [6.07, 6.45) is 3.56. The fourth-order valence-electron chi connectivity index (χ4n) is 3.42. The first-order valence-electron chi connectivity index (χ1n) is 10.1. The molecule has 2 amide bonds. The van der Waals surface area contributed by atoms with E-state index in [2.05, 4.69) is 12.2 Å². The average molecular weight is 417 g/mol. The van der Waals surface area contributed by atoms with Crippen molar-refractivity contribution in [2.45, 2.75) is 43.5 Å². The summed E-state index contributed by atoms with van der Waals surface area (Å²) in [5.74, 6) is 0.707. The van der Waals surface area contributed by atoms with Gasteiger partial charge in [-0.3, -0.25) is 0 Å². The van der Waals surface area contributed by atoms with Gasteiger partial charge in [-0.05, 0) is 55.7 Å². The molecule has 7 heteroatoms. The van der Waals surface area contributed by atoms with E-state index in [0.29, 0.717) is 30.2 Å². The van der Waals surface area contributed by atoms with Crippen LogP contribution in [0.25, 0.3) is 0 Å². The second kappa shape index (κ2) is 9.78. The van der Waals surface area contributed by atoms with Crippen LogP contribution in [0.4, 0.5) is 10.5 Å². The van der Waals surface area contributed by atoms with Crippen molar-refractivity contribution in [1.82, 2.24) is 4.90 Å². The van der Waals surface area contributed by atoms with Gasteiger partial charge >= 0.3 is 6.03 Å². The van der Waals surface area contributed by atoms with E-state index in [1.165, 1.54) is 0 Å². The minimum absolute atomic E-state index is 0.0609. The fraction of sp³-hybridized carbons (Fsp3) is 0.409. The van der Waals surface area contributed by atoms with Gasteiger partial charge in [0.15, 0.2) is 9.84 Å². The van der Waals surface area contributed by atoms with Crippen molar-refractivity contribution in [3.05, 3.63) is 54.6 Å². The molecule has 0 radical (unpaired) electrons. The maximum Gasteiger partial charge on any atom is 0.322 e. The second-order valence-corrected chi connectivity index (χ2v) is 9.27. The fourth-order valence-corrected chi connectivity index (χ4v) is 5.04. The molecule has 156 valence electrons. The zero-order valence-electron chi connectivity index (χ0n) is 16.7. The molecular weight excluding hydrogens is 388 g/mol. The van der Waals surface area contributed by atoms with Gasteiger partial charge in [-0.1, -0.05) is 31.5 Å². The standard InChI is InChI=1S/C22H28N2O4S/c1-2-3-16-28-20-13-11-18(12-14-20)23-22(25)24-15-7-8-19(24)17-29(26,27)21-9-5-4-6-10-21/h4-6,9-14,19H,2-3,7-8,15-17H2,1H3,(H,23,25). The first-order chi connectivity index (χ1) is 14.0. The lowest BCUT2D eigenvalue weighted by Gasteiger charge is -2.25. The normalized spacial score (nSPS) is 16.6. The molecule has 2 aromatic rings. The lowest BCUT2D eigenvalue weighted by molar-refractivity contribution is 0.210. The molecule has 0 aromatic heterocycles. The van der Waals surface area contributed by atoms with Gasteiger partial charge in [0.1, 0.15) is 5.75 Å². The maximum atomic E-state index is 12.7. The van der Waals surface area contributed by atoms with Gasteiger partial charge in [-0.25, -0.2) is 13.2 Å². The third-order valence-corrected chi connectivity index (χ3v) is 6.84. The van der Waals surface area contributed by atoms with E-state index in [4.69, 9.17) is 4.74 Å². The van der Waals surface area contributed by atoms with Crippen LogP contribution in [0.3, 0.4) is 0 Å². The van der Waals surface area contributed by atoms with Gasteiger partial charge in [-0.2, -0.15) is 0 Å². The molecule has 6 nitrogen and oxygen atoms in total. The van der Waals surface area contributed by atoms with Crippen molar-refractivity contribution in [2.24, 2.45) is 0 Å². The van der Waals surface area contributed by atoms with Crippen LogP contribution >= 0.6 is 0 Å². The molecule has 3 rings (SSSR count). The molecular formula is C22H28N2O4S. The van der Waals surface area contributed by atoms with Crippen LogP contribution in [0, 0.1) is 0 Å². The lowest BCUT2D eigenvalue weighted by atomic mass is 10.2. The van der Waals surface area contributed by atoms with E-state index in [9.17, 15) is 13.2 Å². The number of hydrogen-bond donors (Lipinski definition) is 1. The zero-order chi connectivity index (χ0) is 20.7. The Bertz CT molecular complexity index is 898. The van der Waals surface area contributed by atoms with Gasteiger partial charge in [0.25, 0.3) is 0 Å². The monoisotopic (exact) mass is 416 g/mol. The number of benzene rings is 2. The van der Waals surface area contributed by atoms with Crippen LogP contribution in [-0.4, -0.2) is 44.3 Å². The van der Waals surface area contributed by atoms with Gasteiger partial charge in [0.2, 0.25) is 0 Å². The number of unbranched alkanes of at least 4 members (excludes halogenated alkanes) is 1. The summed E-state index contributed by atoms with van der Waals surface area (Å²) in [6.45, 7) is 3.34. The molecule has 2 aromatic carbocycles. The van der Waals surface area contributed by atoms with Crippen LogP contribution in [-0.2, 0) is 9.84 Å². The number of hydrogen-bond acceptors (Lipinski definition) is 4. The number of anilines is 1. The second-order valence-electron chi connectivity index (χ2n) is 7.24. The Hall–Kier alpha value is -2.54. The highest BCUT2D eigenvalue weighted by Gasteiger charge is 2.33. The molecule has 1 aliphatic rings. The SMILES string of the molecule is CCCCOc1ccc(NC(=O)N2CCCC2CS(=O)(=O)c2ccccc2)cc1.